The van der Waals surface area contributed by atoms with Crippen molar-refractivity contribution in [3.63, 3.8) is 0 Å². The van der Waals surface area contributed by atoms with E-state index < -0.39 is 0 Å². The van der Waals surface area contributed by atoms with Gasteiger partial charge in [0.1, 0.15) is 55.0 Å². The van der Waals surface area contributed by atoms with Crippen molar-refractivity contribution in [3.8, 4) is 78.9 Å². The van der Waals surface area contributed by atoms with Crippen molar-refractivity contribution in [3.05, 3.63) is 417 Å². The van der Waals surface area contributed by atoms with Crippen molar-refractivity contribution in [2.75, 3.05) is 0 Å². The minimum atomic E-state index is 1.25. The molecule has 0 aromatic carbocycles. The van der Waals surface area contributed by atoms with Gasteiger partial charge in [0.05, 0.1) is 44.4 Å². The standard InChI is InChI=1S/7C17H19N2/c2*1-12-5-8-18(4)15(11-12)16-13(2)6-9-19-10-7-14(3)17(16)19;1-12-9-10-18(4)16(11-12)17-13(2)5-7-15-8-6-14(3)19(15)17;2*1-12-7-9-18(4)16(10-12)17-13(2)11-19-8-5-6-15(19)14(17)3;2*1-12-7-9-18(4)16(10-12)17-13(2)11-15-6-5-8-19(15)14(17)3/h7*5-11H,1-4H3/q7*+1. The first kappa shape index (κ1) is 93.1. The molecule has 0 aliphatic heterocycles. The van der Waals surface area contributed by atoms with Crippen LogP contribution in [0.5, 0.6) is 0 Å². The average molecular weight is 1760 g/mol. The van der Waals surface area contributed by atoms with Crippen LogP contribution in [0, 0.1) is 145 Å². The Balaban J connectivity index is 0.000000118. The highest BCUT2D eigenvalue weighted by molar-refractivity contribution is 5.85. The average Bonchev–Trinajstić information content (AvgIpc) is 1.65. The van der Waals surface area contributed by atoms with E-state index in [1.165, 1.54) is 235 Å². The zero-order valence-corrected chi connectivity index (χ0v) is 83.6. The summed E-state index contributed by atoms with van der Waals surface area (Å²) in [5, 5.41) is 0. The number of hydrogen-bond donors (Lipinski definition) is 0. The van der Waals surface area contributed by atoms with Crippen molar-refractivity contribution in [2.45, 2.75) is 145 Å². The maximum Gasteiger partial charge on any atom is 0.229 e. The van der Waals surface area contributed by atoms with E-state index in [-0.39, 0.29) is 0 Å². The van der Waals surface area contributed by atoms with E-state index in [0.717, 1.165) is 0 Å². The highest BCUT2D eigenvalue weighted by Gasteiger charge is 2.26. The fraction of sp³-hybridized carbons (Fsp3) is 0.235. The largest absolute Gasteiger partial charge is 0.323 e. The van der Waals surface area contributed by atoms with Crippen LogP contribution in [-0.2, 0) is 49.3 Å². The molecule has 0 radical (unpaired) electrons. The minimum absolute atomic E-state index is 1.25. The first-order chi connectivity index (χ1) is 63.5. The van der Waals surface area contributed by atoms with E-state index in [1.54, 1.807) is 0 Å². The Morgan fingerprint density at radius 1 is 0.211 bits per heavy atom. The zero-order valence-electron chi connectivity index (χ0n) is 83.6. The molecule has 0 atom stereocenters. The lowest BCUT2D eigenvalue weighted by Crippen LogP contribution is -2.31. The summed E-state index contributed by atoms with van der Waals surface area (Å²) in [4.78, 5) is 0. The van der Waals surface area contributed by atoms with Gasteiger partial charge in [0.25, 0.3) is 0 Å². The van der Waals surface area contributed by atoms with Crippen molar-refractivity contribution in [2.24, 2.45) is 49.3 Å². The first-order valence-electron chi connectivity index (χ1n) is 46.3. The molecule has 21 rings (SSSR count). The predicted octanol–water partition coefficient (Wildman–Crippen LogP) is 23.5. The SMILES string of the molecule is Cc1cc[n+](C)c(-c2c(C)cc3cccn3c2C)c1.Cc1cc[n+](C)c(-c2c(C)cc3cccn3c2C)c1.Cc1cc[n+](C)c(-c2c(C)ccc3ccc(C)n23)c1.Cc1cc[n+](C)c(-c2c(C)ccn3ccc(C)c23)c1.Cc1cc[n+](C)c(-c2c(C)ccn3ccc(C)c23)c1.Cc1cc[n+](C)c(-c2c(C)cn3cccc3c2C)c1.Cc1cc[n+](C)c(-c2c(C)cn3cccc3c2C)c1. The Morgan fingerprint density at radius 3 is 0.850 bits per heavy atom. The molecule has 14 heteroatoms. The fourth-order valence-electron chi connectivity index (χ4n) is 19.4. The molecule has 0 aliphatic carbocycles. The summed E-state index contributed by atoms with van der Waals surface area (Å²) in [6.07, 6.45) is 36.3. The molecule has 0 amide bonds. The molecule has 0 spiro atoms. The van der Waals surface area contributed by atoms with Crippen LogP contribution in [0.2, 0.25) is 0 Å². The summed E-state index contributed by atoms with van der Waals surface area (Å²) in [7, 11) is 14.7. The highest BCUT2D eigenvalue weighted by Crippen LogP contribution is 2.36. The quantitative estimate of drug-likeness (QED) is 0.143. The van der Waals surface area contributed by atoms with Crippen LogP contribution < -0.4 is 32.0 Å². The maximum absolute atomic E-state index is 2.34. The third-order valence-corrected chi connectivity index (χ3v) is 26.6. The van der Waals surface area contributed by atoms with E-state index in [2.05, 4.69) is 557 Å². The number of nitrogens with zero attached hydrogens (tertiary/aromatic N) is 14. The molecule has 0 N–H and O–H groups in total. The number of fused-ring (bicyclic) bond motifs is 7. The summed E-state index contributed by atoms with van der Waals surface area (Å²) in [5.74, 6) is 0. The smallest absolute Gasteiger partial charge is 0.229 e. The lowest BCUT2D eigenvalue weighted by Gasteiger charge is -2.11. The lowest BCUT2D eigenvalue weighted by molar-refractivity contribution is -0.660. The summed E-state index contributed by atoms with van der Waals surface area (Å²) >= 11 is 0. The molecule has 14 nitrogen and oxygen atoms in total. The lowest BCUT2D eigenvalue weighted by atomic mass is 9.99. The molecule has 0 aliphatic rings. The molecule has 21 aromatic rings. The first-order valence-corrected chi connectivity index (χ1v) is 46.3. The summed E-state index contributed by atoms with van der Waals surface area (Å²) in [6.45, 7) is 45.6. The number of pyridine rings is 14. The Hall–Kier alpha value is -14.6. The van der Waals surface area contributed by atoms with E-state index in [9.17, 15) is 0 Å². The van der Waals surface area contributed by atoms with Gasteiger partial charge in [-0.3, -0.25) is 0 Å². The van der Waals surface area contributed by atoms with Crippen LogP contribution in [0.3, 0.4) is 0 Å². The van der Waals surface area contributed by atoms with Gasteiger partial charge in [-0.05, 0) is 349 Å². The number of rotatable bonds is 7. The molecular weight excluding hydrogens is 1630 g/mol. The zero-order chi connectivity index (χ0) is 95.0. The van der Waals surface area contributed by atoms with Crippen LogP contribution in [0.15, 0.2) is 299 Å². The normalized spacial score (nSPS) is 11.2. The third-order valence-electron chi connectivity index (χ3n) is 26.6. The van der Waals surface area contributed by atoms with E-state index in [1.807, 2.05) is 0 Å². The van der Waals surface area contributed by atoms with Crippen molar-refractivity contribution >= 4 is 38.6 Å². The highest BCUT2D eigenvalue weighted by atomic mass is 15.0. The third kappa shape index (κ3) is 19.0. The van der Waals surface area contributed by atoms with Crippen molar-refractivity contribution < 1.29 is 32.0 Å². The van der Waals surface area contributed by atoms with Gasteiger partial charge in [0.15, 0.2) is 43.4 Å². The Bertz CT molecular complexity index is 7140. The van der Waals surface area contributed by atoms with Gasteiger partial charge in [-0.15, -0.1) is 0 Å². The summed E-state index contributed by atoms with van der Waals surface area (Å²) in [6, 6.07) is 69.8. The fourth-order valence-corrected chi connectivity index (χ4v) is 19.4. The van der Waals surface area contributed by atoms with Crippen LogP contribution in [0.1, 0.15) is 117 Å². The summed E-state index contributed by atoms with van der Waals surface area (Å²) < 4.78 is 31.0. The van der Waals surface area contributed by atoms with Gasteiger partial charge in [-0.25, -0.2) is 27.4 Å². The number of hydrogen-bond acceptors (Lipinski definition) is 0. The monoisotopic (exact) mass is 1760 g/mol. The van der Waals surface area contributed by atoms with E-state index >= 15 is 0 Å². The van der Waals surface area contributed by atoms with Crippen molar-refractivity contribution in [1.29, 1.82) is 0 Å². The molecule has 0 saturated heterocycles. The molecule has 21 heterocycles. The molecule has 0 fully saturated rings. The maximum atomic E-state index is 2.34. The molecule has 133 heavy (non-hydrogen) atoms. The Morgan fingerprint density at radius 2 is 0.504 bits per heavy atom. The van der Waals surface area contributed by atoms with Gasteiger partial charge in [-0.2, -0.15) is 4.57 Å². The van der Waals surface area contributed by atoms with Gasteiger partial charge in [-0.1, -0.05) is 6.07 Å². The van der Waals surface area contributed by atoms with Gasteiger partial charge >= 0.3 is 0 Å². The number of aromatic nitrogens is 14. The van der Waals surface area contributed by atoms with Crippen LogP contribution in [0.25, 0.3) is 118 Å². The molecule has 0 bridgehead atoms. The minimum Gasteiger partial charge on any atom is -0.323 e. The van der Waals surface area contributed by atoms with Gasteiger partial charge < -0.3 is 30.8 Å². The van der Waals surface area contributed by atoms with Crippen molar-refractivity contribution in [1.82, 2.24) is 30.8 Å². The van der Waals surface area contributed by atoms with Crippen LogP contribution in [-0.4, -0.2) is 30.8 Å². The van der Waals surface area contributed by atoms with E-state index in [0.29, 0.717) is 0 Å². The predicted molar refractivity (Wildman–Crippen MR) is 548 cm³/mol. The second-order valence-electron chi connectivity index (χ2n) is 37.2. The second-order valence-corrected chi connectivity index (χ2v) is 37.2. The number of aryl methyl sites for hydroxylation is 28. The Labute approximate surface area is 786 Å². The van der Waals surface area contributed by atoms with Crippen LogP contribution in [0.4, 0.5) is 0 Å². The molecule has 0 unspecified atom stereocenters. The second kappa shape index (κ2) is 38.8. The van der Waals surface area contributed by atoms with Crippen LogP contribution >= 0.6 is 0 Å². The molecular formula is C119H133N14+7. The molecule has 0 saturated carbocycles. The Kier molecular flexibility index (Phi) is 27.2. The van der Waals surface area contributed by atoms with Gasteiger partial charge in [0.2, 0.25) is 39.9 Å². The topological polar surface area (TPSA) is 58.0 Å². The molecule has 21 aromatic heterocycles. The molecule has 672 valence electrons. The van der Waals surface area contributed by atoms with E-state index in [4.69, 9.17) is 0 Å². The van der Waals surface area contributed by atoms with Gasteiger partial charge in [0, 0.05) is 192 Å². The summed E-state index contributed by atoms with van der Waals surface area (Å²) in [5.41, 5.74) is 54.5.